The van der Waals surface area contributed by atoms with Gasteiger partial charge in [0.15, 0.2) is 0 Å². The highest BCUT2D eigenvalue weighted by Crippen LogP contribution is 2.22. The summed E-state index contributed by atoms with van der Waals surface area (Å²) in [5.74, 6) is 0.204. The first kappa shape index (κ1) is 28.2. The van der Waals surface area contributed by atoms with E-state index >= 15 is 0 Å². The van der Waals surface area contributed by atoms with Gasteiger partial charge in [0, 0.05) is 26.1 Å². The fourth-order valence-corrected chi connectivity index (χ4v) is 4.92. The van der Waals surface area contributed by atoms with Crippen LogP contribution >= 0.6 is 0 Å². The van der Waals surface area contributed by atoms with Crippen LogP contribution in [0.4, 0.5) is 5.69 Å². The molecule has 1 N–H and O–H groups in total. The number of nitrogens with one attached hydrogen (secondary N) is 1. The summed E-state index contributed by atoms with van der Waals surface area (Å²) in [5, 5.41) is 2.77. The summed E-state index contributed by atoms with van der Waals surface area (Å²) in [6, 6.07) is 12.3. The molecule has 0 bridgehead atoms. The number of aryl methyl sites for hydroxylation is 2. The molecule has 0 aliphatic heterocycles. The number of amides is 2. The Labute approximate surface area is 209 Å². The van der Waals surface area contributed by atoms with E-state index in [4.69, 9.17) is 4.74 Å². The Balaban J connectivity index is 2.20. The monoisotopic (exact) mass is 503 g/mol. The van der Waals surface area contributed by atoms with Gasteiger partial charge in [-0.25, -0.2) is 8.42 Å². The fourth-order valence-electron chi connectivity index (χ4n) is 3.97. The highest BCUT2D eigenvalue weighted by Gasteiger charge is 2.26. The van der Waals surface area contributed by atoms with Crippen molar-refractivity contribution in [3.05, 3.63) is 59.2 Å². The van der Waals surface area contributed by atoms with E-state index in [9.17, 15) is 18.0 Å². The van der Waals surface area contributed by atoms with E-state index in [0.717, 1.165) is 16.7 Å². The van der Waals surface area contributed by atoms with Gasteiger partial charge in [-0.2, -0.15) is 0 Å². The number of hydrogen-bond donors (Lipinski definition) is 1. The van der Waals surface area contributed by atoms with Gasteiger partial charge in [-0.15, -0.1) is 0 Å². The fraction of sp³-hybridized carbons (Fsp3) is 0.462. The van der Waals surface area contributed by atoms with Crippen LogP contribution in [0.15, 0.2) is 42.5 Å². The van der Waals surface area contributed by atoms with E-state index < -0.39 is 16.1 Å². The second-order valence-electron chi connectivity index (χ2n) is 8.73. The van der Waals surface area contributed by atoms with Crippen molar-refractivity contribution >= 4 is 27.5 Å². The lowest BCUT2D eigenvalue weighted by Crippen LogP contribution is -2.47. The van der Waals surface area contributed by atoms with Crippen LogP contribution in [0.25, 0.3) is 0 Å². The average molecular weight is 504 g/mol. The van der Waals surface area contributed by atoms with Crippen molar-refractivity contribution in [1.29, 1.82) is 0 Å². The van der Waals surface area contributed by atoms with Gasteiger partial charge in [0.25, 0.3) is 0 Å². The van der Waals surface area contributed by atoms with E-state index in [1.807, 2.05) is 63.2 Å². The second-order valence-corrected chi connectivity index (χ2v) is 10.6. The number of sulfonamides is 1. The summed E-state index contributed by atoms with van der Waals surface area (Å²) >= 11 is 0. The number of methoxy groups -OCH3 is 1. The van der Waals surface area contributed by atoms with Gasteiger partial charge in [-0.3, -0.25) is 13.9 Å². The molecule has 0 saturated carbocycles. The molecule has 35 heavy (non-hydrogen) atoms. The van der Waals surface area contributed by atoms with Crippen molar-refractivity contribution in [3.8, 4) is 5.75 Å². The zero-order valence-electron chi connectivity index (χ0n) is 21.5. The Kier molecular flexibility index (Phi) is 10.1. The van der Waals surface area contributed by atoms with Gasteiger partial charge in [0.05, 0.1) is 19.1 Å². The third-order valence-electron chi connectivity index (χ3n) is 5.65. The molecule has 0 saturated heterocycles. The number of carbonyl (C=O) groups is 2. The maximum absolute atomic E-state index is 13.3. The van der Waals surface area contributed by atoms with Crippen molar-refractivity contribution in [1.82, 2.24) is 10.2 Å². The van der Waals surface area contributed by atoms with Crippen molar-refractivity contribution in [2.45, 2.75) is 53.1 Å². The molecular weight excluding hydrogens is 466 g/mol. The van der Waals surface area contributed by atoms with E-state index in [1.54, 1.807) is 14.0 Å². The number of anilines is 1. The third-order valence-corrected chi connectivity index (χ3v) is 6.85. The molecule has 0 aliphatic carbocycles. The lowest BCUT2D eigenvalue weighted by molar-refractivity contribution is -0.140. The standard InChI is InChI=1S/C26H37N3O5S/c1-7-27-26(31)21(4)28(18-22-10-8-11-24(17-22)34-5)25(30)12-9-13-29(35(6,32)33)23-15-19(2)14-20(3)16-23/h8,10-11,14-17,21H,7,9,12-13,18H2,1-6H3,(H,27,31). The van der Waals surface area contributed by atoms with Gasteiger partial charge in [-0.1, -0.05) is 18.2 Å². The van der Waals surface area contributed by atoms with Crippen LogP contribution in [0.3, 0.4) is 0 Å². The zero-order chi connectivity index (χ0) is 26.2. The van der Waals surface area contributed by atoms with Crippen molar-refractivity contribution < 1.29 is 22.7 Å². The number of benzene rings is 2. The first-order chi connectivity index (χ1) is 16.5. The smallest absolute Gasteiger partial charge is 0.242 e. The van der Waals surface area contributed by atoms with Crippen molar-refractivity contribution in [2.75, 3.05) is 30.8 Å². The lowest BCUT2D eigenvalue weighted by atomic mass is 10.1. The first-order valence-electron chi connectivity index (χ1n) is 11.7. The number of nitrogens with zero attached hydrogens (tertiary/aromatic N) is 2. The van der Waals surface area contributed by atoms with Crippen LogP contribution in [0, 0.1) is 13.8 Å². The second kappa shape index (κ2) is 12.6. The topological polar surface area (TPSA) is 96.0 Å². The summed E-state index contributed by atoms with van der Waals surface area (Å²) in [6.45, 7) is 8.22. The molecule has 1 atom stereocenters. The lowest BCUT2D eigenvalue weighted by Gasteiger charge is -2.29. The molecular formula is C26H37N3O5S. The van der Waals surface area contributed by atoms with Gasteiger partial charge in [-0.05, 0) is 75.1 Å². The quantitative estimate of drug-likeness (QED) is 0.479. The molecule has 2 amide bonds. The molecule has 1 unspecified atom stereocenters. The summed E-state index contributed by atoms with van der Waals surface area (Å²) in [6.07, 6.45) is 1.58. The molecule has 0 spiro atoms. The molecule has 2 aromatic rings. The maximum atomic E-state index is 13.3. The molecule has 8 nitrogen and oxygen atoms in total. The minimum absolute atomic E-state index is 0.102. The molecule has 192 valence electrons. The predicted octanol–water partition coefficient (Wildman–Crippen LogP) is 3.41. The average Bonchev–Trinajstić information content (AvgIpc) is 2.78. The number of rotatable bonds is 12. The van der Waals surface area contributed by atoms with E-state index in [-0.39, 0.29) is 31.3 Å². The van der Waals surface area contributed by atoms with Crippen LogP contribution in [0.2, 0.25) is 0 Å². The summed E-state index contributed by atoms with van der Waals surface area (Å²) < 4.78 is 31.6. The molecule has 2 rings (SSSR count). The van der Waals surface area contributed by atoms with E-state index in [0.29, 0.717) is 24.4 Å². The number of hydrogen-bond acceptors (Lipinski definition) is 5. The van der Waals surface area contributed by atoms with Crippen LogP contribution in [0.5, 0.6) is 5.75 Å². The van der Waals surface area contributed by atoms with Crippen molar-refractivity contribution in [2.24, 2.45) is 0 Å². The van der Waals surface area contributed by atoms with E-state index in [2.05, 4.69) is 5.32 Å². The first-order valence-corrected chi connectivity index (χ1v) is 13.6. The molecule has 0 aliphatic rings. The van der Waals surface area contributed by atoms with Crippen LogP contribution in [0.1, 0.15) is 43.4 Å². The highest BCUT2D eigenvalue weighted by molar-refractivity contribution is 7.92. The summed E-state index contributed by atoms with van der Waals surface area (Å²) in [7, 11) is -1.96. The van der Waals surface area contributed by atoms with Gasteiger partial charge in [0.1, 0.15) is 11.8 Å². The predicted molar refractivity (Wildman–Crippen MR) is 139 cm³/mol. The molecule has 9 heteroatoms. The normalized spacial score (nSPS) is 12.1. The summed E-state index contributed by atoms with van der Waals surface area (Å²) in [5.41, 5.74) is 3.35. The van der Waals surface area contributed by atoms with Gasteiger partial charge >= 0.3 is 0 Å². The third kappa shape index (κ3) is 8.28. The molecule has 2 aromatic carbocycles. The van der Waals surface area contributed by atoms with E-state index in [1.165, 1.54) is 15.5 Å². The van der Waals surface area contributed by atoms with Crippen LogP contribution in [-0.4, -0.2) is 57.6 Å². The SMILES string of the molecule is CCNC(=O)C(C)N(Cc1cccc(OC)c1)C(=O)CCCN(c1cc(C)cc(C)c1)S(C)(=O)=O. The maximum Gasteiger partial charge on any atom is 0.242 e. The number of carbonyl (C=O) groups excluding carboxylic acids is 2. The molecule has 0 aromatic heterocycles. The van der Waals surface area contributed by atoms with Crippen LogP contribution < -0.4 is 14.4 Å². The van der Waals surface area contributed by atoms with Crippen LogP contribution in [-0.2, 0) is 26.2 Å². The minimum atomic E-state index is -3.53. The molecule has 0 heterocycles. The zero-order valence-corrected chi connectivity index (χ0v) is 22.3. The Bertz CT molecular complexity index is 1110. The largest absolute Gasteiger partial charge is 0.497 e. The van der Waals surface area contributed by atoms with Gasteiger partial charge < -0.3 is 15.0 Å². The van der Waals surface area contributed by atoms with Gasteiger partial charge in [0.2, 0.25) is 21.8 Å². The number of ether oxygens (including phenoxy) is 1. The Morgan fingerprint density at radius 2 is 1.74 bits per heavy atom. The highest BCUT2D eigenvalue weighted by atomic mass is 32.2. The summed E-state index contributed by atoms with van der Waals surface area (Å²) in [4.78, 5) is 27.4. The minimum Gasteiger partial charge on any atom is -0.497 e. The Hall–Kier alpha value is -3.07. The van der Waals surface area contributed by atoms with Crippen molar-refractivity contribution in [3.63, 3.8) is 0 Å². The molecule has 0 fully saturated rings. The molecule has 0 radical (unpaired) electrons. The Morgan fingerprint density at radius 1 is 1.09 bits per heavy atom. The number of likely N-dealkylation sites (N-methyl/N-ethyl adjacent to an activating group) is 1. The Morgan fingerprint density at radius 3 is 2.31 bits per heavy atom.